The number of carbonyl (C=O) groups is 1. The Kier molecular flexibility index (Phi) is 3.69. The highest BCUT2D eigenvalue weighted by molar-refractivity contribution is 7.18. The zero-order chi connectivity index (χ0) is 16.7. The number of rotatable bonds is 3. The van der Waals surface area contributed by atoms with Gasteiger partial charge in [0.2, 0.25) is 11.8 Å². The van der Waals surface area contributed by atoms with Crippen LogP contribution in [0.3, 0.4) is 0 Å². The number of primary amides is 1. The molecule has 5 nitrogen and oxygen atoms in total. The van der Waals surface area contributed by atoms with Crippen LogP contribution in [0.2, 0.25) is 0 Å². The van der Waals surface area contributed by atoms with Crippen molar-refractivity contribution in [2.75, 3.05) is 0 Å². The van der Waals surface area contributed by atoms with Gasteiger partial charge in [0, 0.05) is 10.4 Å². The van der Waals surface area contributed by atoms with Crippen LogP contribution in [0.1, 0.15) is 34.1 Å². The predicted molar refractivity (Wildman–Crippen MR) is 93.6 cm³/mol. The SMILES string of the molecule is C[C@H]1CCc2c(sc3ncnc(Oc4ccc(C(N)=O)cc4)c23)C1. The van der Waals surface area contributed by atoms with Crippen molar-refractivity contribution in [2.45, 2.75) is 26.2 Å². The van der Waals surface area contributed by atoms with Crippen molar-refractivity contribution < 1.29 is 9.53 Å². The lowest BCUT2D eigenvalue weighted by atomic mass is 9.89. The summed E-state index contributed by atoms with van der Waals surface area (Å²) >= 11 is 1.74. The normalized spacial score (nSPS) is 16.8. The van der Waals surface area contributed by atoms with Crippen molar-refractivity contribution in [3.05, 3.63) is 46.6 Å². The molecule has 1 aliphatic rings. The maximum atomic E-state index is 11.2. The molecule has 0 unspecified atom stereocenters. The summed E-state index contributed by atoms with van der Waals surface area (Å²) in [4.78, 5) is 22.3. The standard InChI is InChI=1S/C18H17N3O2S/c1-10-2-7-13-14(8-10)24-18-15(13)17(20-9-21-18)23-12-5-3-11(4-6-12)16(19)22/h3-6,9-10H,2,7-8H2,1H3,(H2,19,22)/t10-/m0/s1. The van der Waals surface area contributed by atoms with Crippen LogP contribution in [-0.2, 0) is 12.8 Å². The van der Waals surface area contributed by atoms with E-state index < -0.39 is 5.91 Å². The Bertz CT molecular complexity index is 918. The number of aromatic nitrogens is 2. The predicted octanol–water partition coefficient (Wildman–Crippen LogP) is 3.71. The summed E-state index contributed by atoms with van der Waals surface area (Å²) in [5, 5.41) is 1.03. The quantitative estimate of drug-likeness (QED) is 0.789. The highest BCUT2D eigenvalue weighted by Crippen LogP contribution is 2.41. The molecule has 2 aromatic heterocycles. The number of fused-ring (bicyclic) bond motifs is 3. The van der Waals surface area contributed by atoms with Crippen LogP contribution in [0, 0.1) is 5.92 Å². The molecule has 6 heteroatoms. The Balaban J connectivity index is 1.73. The molecule has 4 rings (SSSR count). The van der Waals surface area contributed by atoms with E-state index in [4.69, 9.17) is 10.5 Å². The van der Waals surface area contributed by atoms with E-state index in [2.05, 4.69) is 16.9 Å². The van der Waals surface area contributed by atoms with Crippen LogP contribution in [0.5, 0.6) is 11.6 Å². The number of ether oxygens (including phenoxy) is 1. The molecule has 1 aliphatic carbocycles. The summed E-state index contributed by atoms with van der Waals surface area (Å²) in [6.07, 6.45) is 4.87. The van der Waals surface area contributed by atoms with Crippen LogP contribution in [-0.4, -0.2) is 15.9 Å². The van der Waals surface area contributed by atoms with E-state index in [1.54, 1.807) is 41.9 Å². The molecule has 122 valence electrons. The van der Waals surface area contributed by atoms with Crippen molar-refractivity contribution in [2.24, 2.45) is 11.7 Å². The first-order valence-electron chi connectivity index (χ1n) is 7.95. The van der Waals surface area contributed by atoms with Gasteiger partial charge in [-0.05, 0) is 55.0 Å². The molecule has 0 saturated heterocycles. The van der Waals surface area contributed by atoms with E-state index in [1.807, 2.05) is 0 Å². The van der Waals surface area contributed by atoms with Crippen LogP contribution in [0.25, 0.3) is 10.2 Å². The number of hydrogen-bond donors (Lipinski definition) is 1. The number of thiophene rings is 1. The largest absolute Gasteiger partial charge is 0.438 e. The van der Waals surface area contributed by atoms with Crippen molar-refractivity contribution in [3.8, 4) is 11.6 Å². The van der Waals surface area contributed by atoms with Crippen molar-refractivity contribution in [3.63, 3.8) is 0 Å². The van der Waals surface area contributed by atoms with Crippen molar-refractivity contribution >= 4 is 27.5 Å². The lowest BCUT2D eigenvalue weighted by Crippen LogP contribution is -2.10. The van der Waals surface area contributed by atoms with Crippen LogP contribution >= 0.6 is 11.3 Å². The minimum absolute atomic E-state index is 0.452. The Morgan fingerprint density at radius 3 is 2.83 bits per heavy atom. The number of nitrogens with zero attached hydrogens (tertiary/aromatic N) is 2. The number of aryl methyl sites for hydroxylation is 1. The second-order valence-corrected chi connectivity index (χ2v) is 7.29. The molecule has 1 atom stereocenters. The number of carbonyl (C=O) groups excluding carboxylic acids is 1. The maximum Gasteiger partial charge on any atom is 0.248 e. The van der Waals surface area contributed by atoms with E-state index in [1.165, 1.54) is 16.9 Å². The number of nitrogens with two attached hydrogens (primary N) is 1. The van der Waals surface area contributed by atoms with E-state index in [9.17, 15) is 4.79 Å². The highest BCUT2D eigenvalue weighted by atomic mass is 32.1. The lowest BCUT2D eigenvalue weighted by molar-refractivity contribution is 0.100. The summed E-state index contributed by atoms with van der Waals surface area (Å²) in [7, 11) is 0. The van der Waals surface area contributed by atoms with Gasteiger partial charge in [-0.1, -0.05) is 6.92 Å². The minimum atomic E-state index is -0.452. The molecule has 24 heavy (non-hydrogen) atoms. The van der Waals surface area contributed by atoms with Crippen molar-refractivity contribution in [1.29, 1.82) is 0 Å². The smallest absolute Gasteiger partial charge is 0.248 e. The third-order valence-electron chi connectivity index (χ3n) is 4.41. The van der Waals surface area contributed by atoms with Gasteiger partial charge in [-0.25, -0.2) is 9.97 Å². The second kappa shape index (κ2) is 5.87. The van der Waals surface area contributed by atoms with Gasteiger partial charge < -0.3 is 10.5 Å². The molecule has 0 radical (unpaired) electrons. The Morgan fingerprint density at radius 2 is 2.08 bits per heavy atom. The summed E-state index contributed by atoms with van der Waals surface area (Å²) in [5.74, 6) is 1.47. The molecule has 0 fully saturated rings. The fraction of sp³-hybridized carbons (Fsp3) is 0.278. The average Bonchev–Trinajstić information content (AvgIpc) is 2.93. The molecule has 0 aliphatic heterocycles. The van der Waals surface area contributed by atoms with Gasteiger partial charge in [0.15, 0.2) is 0 Å². The number of amides is 1. The molecule has 0 bridgehead atoms. The van der Waals surface area contributed by atoms with Crippen molar-refractivity contribution in [1.82, 2.24) is 9.97 Å². The van der Waals surface area contributed by atoms with Gasteiger partial charge in [0.05, 0.1) is 5.39 Å². The van der Waals surface area contributed by atoms with E-state index in [0.29, 0.717) is 23.1 Å². The van der Waals surface area contributed by atoms with E-state index >= 15 is 0 Å². The Hall–Kier alpha value is -2.47. The fourth-order valence-electron chi connectivity index (χ4n) is 3.12. The topological polar surface area (TPSA) is 78.1 Å². The molecular weight excluding hydrogens is 322 g/mol. The van der Waals surface area contributed by atoms with Gasteiger partial charge in [0.1, 0.15) is 16.9 Å². The Labute approximate surface area is 143 Å². The average molecular weight is 339 g/mol. The van der Waals surface area contributed by atoms with Gasteiger partial charge in [-0.2, -0.15) is 0 Å². The molecule has 2 heterocycles. The summed E-state index contributed by atoms with van der Waals surface area (Å²) in [6, 6.07) is 6.77. The monoisotopic (exact) mass is 339 g/mol. The first-order chi connectivity index (χ1) is 11.6. The Morgan fingerprint density at radius 1 is 1.29 bits per heavy atom. The minimum Gasteiger partial charge on any atom is -0.438 e. The zero-order valence-electron chi connectivity index (χ0n) is 13.3. The van der Waals surface area contributed by atoms with Crippen LogP contribution in [0.15, 0.2) is 30.6 Å². The van der Waals surface area contributed by atoms with Gasteiger partial charge in [-0.3, -0.25) is 4.79 Å². The van der Waals surface area contributed by atoms with Crippen LogP contribution in [0.4, 0.5) is 0 Å². The number of benzene rings is 1. The molecule has 2 N–H and O–H groups in total. The third kappa shape index (κ3) is 2.63. The molecule has 1 aromatic carbocycles. The lowest BCUT2D eigenvalue weighted by Gasteiger charge is -2.18. The fourth-order valence-corrected chi connectivity index (χ4v) is 4.46. The summed E-state index contributed by atoms with van der Waals surface area (Å²) < 4.78 is 5.98. The molecule has 1 amide bonds. The molecule has 3 aromatic rings. The third-order valence-corrected chi connectivity index (χ3v) is 5.57. The van der Waals surface area contributed by atoms with E-state index in [-0.39, 0.29) is 0 Å². The first kappa shape index (κ1) is 15.1. The molecular formula is C18H17N3O2S. The highest BCUT2D eigenvalue weighted by Gasteiger charge is 2.23. The van der Waals surface area contributed by atoms with Crippen LogP contribution < -0.4 is 10.5 Å². The molecule has 0 saturated carbocycles. The number of hydrogen-bond acceptors (Lipinski definition) is 5. The van der Waals surface area contributed by atoms with E-state index in [0.717, 1.165) is 23.1 Å². The maximum absolute atomic E-state index is 11.2. The second-order valence-electron chi connectivity index (χ2n) is 6.20. The van der Waals surface area contributed by atoms with Gasteiger partial charge >= 0.3 is 0 Å². The molecule has 0 spiro atoms. The first-order valence-corrected chi connectivity index (χ1v) is 8.76. The summed E-state index contributed by atoms with van der Waals surface area (Å²) in [5.41, 5.74) is 7.05. The zero-order valence-corrected chi connectivity index (χ0v) is 14.1. The van der Waals surface area contributed by atoms with Gasteiger partial charge in [-0.15, -0.1) is 11.3 Å². The van der Waals surface area contributed by atoms with Gasteiger partial charge in [0.25, 0.3) is 0 Å². The summed E-state index contributed by atoms with van der Waals surface area (Å²) in [6.45, 7) is 2.29.